The fourth-order valence-corrected chi connectivity index (χ4v) is 1.72. The standard InChI is InChI=1S/C15H24N2O2/c1-13-5-7-14(8-6-13)11-17(9-10-19-4)12-15(18)16(2)3/h5-8H,9-12H2,1-4H3. The van der Waals surface area contributed by atoms with Crippen molar-refractivity contribution in [1.29, 1.82) is 0 Å². The molecule has 0 heterocycles. The van der Waals surface area contributed by atoms with Gasteiger partial charge in [-0.15, -0.1) is 0 Å². The van der Waals surface area contributed by atoms with Crippen LogP contribution in [0.5, 0.6) is 0 Å². The molecule has 1 aromatic rings. The van der Waals surface area contributed by atoms with Gasteiger partial charge in [-0.05, 0) is 12.5 Å². The average Bonchev–Trinajstić information content (AvgIpc) is 2.38. The highest BCUT2D eigenvalue weighted by Gasteiger charge is 2.12. The number of ether oxygens (including phenoxy) is 1. The van der Waals surface area contributed by atoms with Gasteiger partial charge in [-0.25, -0.2) is 0 Å². The van der Waals surface area contributed by atoms with Crippen LogP contribution in [0, 0.1) is 6.92 Å². The molecule has 1 rings (SSSR count). The Morgan fingerprint density at radius 2 is 1.84 bits per heavy atom. The Morgan fingerprint density at radius 1 is 1.21 bits per heavy atom. The first-order chi connectivity index (χ1) is 9.02. The van der Waals surface area contributed by atoms with E-state index in [1.54, 1.807) is 26.1 Å². The molecule has 1 amide bonds. The van der Waals surface area contributed by atoms with Crippen molar-refractivity contribution in [3.63, 3.8) is 0 Å². The van der Waals surface area contributed by atoms with Crippen LogP contribution in [0.25, 0.3) is 0 Å². The molecule has 0 saturated carbocycles. The van der Waals surface area contributed by atoms with Crippen molar-refractivity contribution in [1.82, 2.24) is 9.80 Å². The molecule has 0 aliphatic carbocycles. The van der Waals surface area contributed by atoms with Crippen molar-refractivity contribution < 1.29 is 9.53 Å². The SMILES string of the molecule is COCCN(CC(=O)N(C)C)Cc1ccc(C)cc1. The molecule has 0 aromatic heterocycles. The maximum Gasteiger partial charge on any atom is 0.236 e. The molecule has 19 heavy (non-hydrogen) atoms. The molecule has 0 aliphatic rings. The smallest absolute Gasteiger partial charge is 0.236 e. The molecule has 0 saturated heterocycles. The molecule has 1 aromatic carbocycles. The van der Waals surface area contributed by atoms with E-state index in [-0.39, 0.29) is 5.91 Å². The predicted molar refractivity (Wildman–Crippen MR) is 77.0 cm³/mol. The highest BCUT2D eigenvalue weighted by molar-refractivity contribution is 5.77. The van der Waals surface area contributed by atoms with Crippen LogP contribution in [0.1, 0.15) is 11.1 Å². The van der Waals surface area contributed by atoms with Crippen molar-refractivity contribution in [3.05, 3.63) is 35.4 Å². The van der Waals surface area contributed by atoms with Gasteiger partial charge >= 0.3 is 0 Å². The van der Waals surface area contributed by atoms with E-state index in [0.717, 1.165) is 13.1 Å². The van der Waals surface area contributed by atoms with Gasteiger partial charge in [0, 0.05) is 34.3 Å². The van der Waals surface area contributed by atoms with Gasteiger partial charge in [0.25, 0.3) is 0 Å². The molecule has 0 N–H and O–H groups in total. The summed E-state index contributed by atoms with van der Waals surface area (Å²) < 4.78 is 5.10. The maximum absolute atomic E-state index is 11.8. The predicted octanol–water partition coefficient (Wildman–Crippen LogP) is 1.53. The van der Waals surface area contributed by atoms with E-state index >= 15 is 0 Å². The lowest BCUT2D eigenvalue weighted by Gasteiger charge is -2.23. The molecule has 0 radical (unpaired) electrons. The summed E-state index contributed by atoms with van der Waals surface area (Å²) in [4.78, 5) is 15.5. The minimum Gasteiger partial charge on any atom is -0.383 e. The fraction of sp³-hybridized carbons (Fsp3) is 0.533. The van der Waals surface area contributed by atoms with E-state index in [0.29, 0.717) is 13.2 Å². The zero-order valence-electron chi connectivity index (χ0n) is 12.3. The van der Waals surface area contributed by atoms with Crippen LogP contribution in [-0.4, -0.2) is 56.6 Å². The summed E-state index contributed by atoms with van der Waals surface area (Å²) in [6.45, 7) is 4.64. The Hall–Kier alpha value is -1.39. The molecular formula is C15H24N2O2. The highest BCUT2D eigenvalue weighted by atomic mass is 16.5. The highest BCUT2D eigenvalue weighted by Crippen LogP contribution is 2.07. The largest absolute Gasteiger partial charge is 0.383 e. The number of carbonyl (C=O) groups excluding carboxylic acids is 1. The van der Waals surface area contributed by atoms with Gasteiger partial charge in [-0.2, -0.15) is 0 Å². The molecule has 106 valence electrons. The fourth-order valence-electron chi connectivity index (χ4n) is 1.72. The lowest BCUT2D eigenvalue weighted by atomic mass is 10.1. The molecule has 0 fully saturated rings. The lowest BCUT2D eigenvalue weighted by molar-refractivity contribution is -0.130. The first-order valence-electron chi connectivity index (χ1n) is 6.50. The topological polar surface area (TPSA) is 32.8 Å². The summed E-state index contributed by atoms with van der Waals surface area (Å²) in [5.74, 6) is 0.114. The van der Waals surface area contributed by atoms with Gasteiger partial charge < -0.3 is 9.64 Å². The van der Waals surface area contributed by atoms with Crippen LogP contribution in [0.4, 0.5) is 0 Å². The normalized spacial score (nSPS) is 10.8. The first-order valence-corrected chi connectivity index (χ1v) is 6.50. The number of carbonyl (C=O) groups is 1. The van der Waals surface area contributed by atoms with Crippen LogP contribution >= 0.6 is 0 Å². The van der Waals surface area contributed by atoms with Crippen LogP contribution in [0.3, 0.4) is 0 Å². The first kappa shape index (κ1) is 15.7. The van der Waals surface area contributed by atoms with E-state index in [1.165, 1.54) is 11.1 Å². The Morgan fingerprint density at radius 3 is 2.37 bits per heavy atom. The Labute approximate surface area is 116 Å². The zero-order chi connectivity index (χ0) is 14.3. The Kier molecular flexibility index (Phi) is 6.53. The van der Waals surface area contributed by atoms with E-state index in [9.17, 15) is 4.79 Å². The summed E-state index contributed by atoms with van der Waals surface area (Å²) >= 11 is 0. The molecular weight excluding hydrogens is 240 g/mol. The third-order valence-corrected chi connectivity index (χ3v) is 3.00. The number of hydrogen-bond acceptors (Lipinski definition) is 3. The number of likely N-dealkylation sites (N-methyl/N-ethyl adjacent to an activating group) is 1. The molecule has 0 bridgehead atoms. The van der Waals surface area contributed by atoms with Gasteiger partial charge in [0.1, 0.15) is 0 Å². The van der Waals surface area contributed by atoms with Crippen molar-refractivity contribution in [3.8, 4) is 0 Å². The van der Waals surface area contributed by atoms with E-state index < -0.39 is 0 Å². The summed E-state index contributed by atoms with van der Waals surface area (Å²) in [6.07, 6.45) is 0. The molecule has 4 heteroatoms. The summed E-state index contributed by atoms with van der Waals surface area (Å²) in [5, 5.41) is 0. The van der Waals surface area contributed by atoms with Gasteiger partial charge in [-0.3, -0.25) is 9.69 Å². The van der Waals surface area contributed by atoms with Gasteiger partial charge in [0.15, 0.2) is 0 Å². The van der Waals surface area contributed by atoms with Crippen molar-refractivity contribution in [2.24, 2.45) is 0 Å². The third kappa shape index (κ3) is 5.85. The second-order valence-electron chi connectivity index (χ2n) is 4.98. The molecule has 4 nitrogen and oxygen atoms in total. The van der Waals surface area contributed by atoms with Crippen molar-refractivity contribution >= 4 is 5.91 Å². The quantitative estimate of drug-likeness (QED) is 0.749. The number of rotatable bonds is 7. The van der Waals surface area contributed by atoms with Crippen LogP contribution in [-0.2, 0) is 16.1 Å². The van der Waals surface area contributed by atoms with Gasteiger partial charge in [-0.1, -0.05) is 29.8 Å². The minimum absolute atomic E-state index is 0.114. The number of hydrogen-bond donors (Lipinski definition) is 0. The van der Waals surface area contributed by atoms with Crippen LogP contribution in [0.2, 0.25) is 0 Å². The van der Waals surface area contributed by atoms with Crippen LogP contribution in [0.15, 0.2) is 24.3 Å². The zero-order valence-corrected chi connectivity index (χ0v) is 12.3. The molecule has 0 atom stereocenters. The molecule has 0 aliphatic heterocycles. The summed E-state index contributed by atoms with van der Waals surface area (Å²) in [5.41, 5.74) is 2.46. The number of aryl methyl sites for hydroxylation is 1. The van der Waals surface area contributed by atoms with E-state index in [2.05, 4.69) is 36.1 Å². The number of amides is 1. The number of nitrogens with zero attached hydrogens (tertiary/aromatic N) is 2. The van der Waals surface area contributed by atoms with Gasteiger partial charge in [0.2, 0.25) is 5.91 Å². The average molecular weight is 264 g/mol. The number of methoxy groups -OCH3 is 1. The van der Waals surface area contributed by atoms with Gasteiger partial charge in [0.05, 0.1) is 13.2 Å². The lowest BCUT2D eigenvalue weighted by Crippen LogP contribution is -2.37. The number of benzene rings is 1. The maximum atomic E-state index is 11.8. The monoisotopic (exact) mass is 264 g/mol. The Balaban J connectivity index is 2.62. The van der Waals surface area contributed by atoms with Crippen molar-refractivity contribution in [2.75, 3.05) is 40.9 Å². The molecule has 0 spiro atoms. The Bertz CT molecular complexity index is 388. The molecule has 0 unspecified atom stereocenters. The van der Waals surface area contributed by atoms with Crippen LogP contribution < -0.4 is 0 Å². The van der Waals surface area contributed by atoms with E-state index in [4.69, 9.17) is 4.74 Å². The third-order valence-electron chi connectivity index (χ3n) is 3.00. The second kappa shape index (κ2) is 7.92. The summed E-state index contributed by atoms with van der Waals surface area (Å²) in [7, 11) is 5.24. The summed E-state index contributed by atoms with van der Waals surface area (Å²) in [6, 6.07) is 8.40. The minimum atomic E-state index is 0.114. The second-order valence-corrected chi connectivity index (χ2v) is 4.98. The van der Waals surface area contributed by atoms with Crippen molar-refractivity contribution in [2.45, 2.75) is 13.5 Å². The van der Waals surface area contributed by atoms with E-state index in [1.807, 2.05) is 0 Å².